The van der Waals surface area contributed by atoms with Gasteiger partial charge in [-0.1, -0.05) is 52.0 Å². The number of carbonyl (C=O) groups excluding carboxylic acids is 1. The fourth-order valence-corrected chi connectivity index (χ4v) is 3.14. The summed E-state index contributed by atoms with van der Waals surface area (Å²) in [5.74, 6) is -0.365. The molecule has 0 aromatic carbocycles. The summed E-state index contributed by atoms with van der Waals surface area (Å²) in [5.41, 5.74) is -1.55. The molecule has 1 heterocycles. The Morgan fingerprint density at radius 2 is 1.91 bits per heavy atom. The summed E-state index contributed by atoms with van der Waals surface area (Å²) in [7, 11) is 0. The molecule has 1 atom stereocenters. The number of hydrogen-bond acceptors (Lipinski definition) is 2. The molecular weight excluding hydrogens is 342 g/mol. The smallest absolute Gasteiger partial charge is 0.328 e. The van der Waals surface area contributed by atoms with E-state index in [0.29, 0.717) is 11.0 Å². The van der Waals surface area contributed by atoms with Crippen molar-refractivity contribution in [3.63, 3.8) is 0 Å². The van der Waals surface area contributed by atoms with Crippen molar-refractivity contribution in [3.05, 3.63) is 41.7 Å². The Kier molecular flexibility index (Phi) is 8.57. The number of hydrogen-bond donors (Lipinski definition) is 1. The van der Waals surface area contributed by atoms with Crippen LogP contribution >= 0.6 is 15.9 Å². The van der Waals surface area contributed by atoms with Gasteiger partial charge >= 0.3 is 5.72 Å². The lowest BCUT2D eigenvalue weighted by Crippen LogP contribution is -2.61. The van der Waals surface area contributed by atoms with E-state index in [1.165, 1.54) is 31.8 Å². The van der Waals surface area contributed by atoms with Crippen molar-refractivity contribution in [1.29, 1.82) is 0 Å². The first-order valence-electron chi connectivity index (χ1n) is 8.12. The number of carbonyl (C=O) groups is 1. The summed E-state index contributed by atoms with van der Waals surface area (Å²) in [6.45, 7) is 5.73. The third-order valence-corrected chi connectivity index (χ3v) is 4.56. The Labute approximate surface area is 142 Å². The van der Waals surface area contributed by atoms with Gasteiger partial charge in [-0.25, -0.2) is 0 Å². The molecule has 0 fully saturated rings. The second-order valence-corrected chi connectivity index (χ2v) is 6.46. The first kappa shape index (κ1) is 19.0. The number of aliphatic hydroxyl groups is 1. The van der Waals surface area contributed by atoms with Crippen LogP contribution in [0.25, 0.3) is 0 Å². The molecule has 1 aromatic heterocycles. The Balaban J connectivity index is 2.64. The third kappa shape index (κ3) is 5.33. The van der Waals surface area contributed by atoms with Crippen molar-refractivity contribution in [2.45, 2.75) is 64.0 Å². The van der Waals surface area contributed by atoms with Gasteiger partial charge in [0.2, 0.25) is 0 Å². The predicted molar refractivity (Wildman–Crippen MR) is 92.3 cm³/mol. The van der Waals surface area contributed by atoms with Crippen molar-refractivity contribution in [2.24, 2.45) is 0 Å². The van der Waals surface area contributed by atoms with Gasteiger partial charge in [-0.3, -0.25) is 4.79 Å². The zero-order valence-corrected chi connectivity index (χ0v) is 15.0. The van der Waals surface area contributed by atoms with E-state index >= 15 is 0 Å². The molecule has 22 heavy (non-hydrogen) atoms. The second-order valence-electron chi connectivity index (χ2n) is 5.65. The normalized spacial score (nSPS) is 13.6. The molecule has 0 aliphatic carbocycles. The van der Waals surface area contributed by atoms with Crippen LogP contribution in [0.3, 0.4) is 0 Å². The van der Waals surface area contributed by atoms with Crippen molar-refractivity contribution in [2.75, 3.05) is 0 Å². The molecule has 0 amide bonds. The molecule has 0 bridgehead atoms. The Bertz CT molecular complexity index is 490. The van der Waals surface area contributed by atoms with Crippen LogP contribution in [0.15, 0.2) is 41.7 Å². The highest BCUT2D eigenvalue weighted by Gasteiger charge is 2.44. The number of halogens is 1. The van der Waals surface area contributed by atoms with E-state index < -0.39 is 5.72 Å². The average Bonchev–Trinajstić information content (AvgIpc) is 2.53. The molecule has 1 aromatic rings. The number of aromatic nitrogens is 1. The van der Waals surface area contributed by atoms with E-state index in [9.17, 15) is 9.90 Å². The largest absolute Gasteiger partial charge is 0.335 e. The lowest BCUT2D eigenvalue weighted by molar-refractivity contribution is -0.798. The maximum Gasteiger partial charge on any atom is 0.335 e. The van der Waals surface area contributed by atoms with Gasteiger partial charge in [-0.2, -0.15) is 4.57 Å². The molecule has 0 aliphatic heterocycles. The van der Waals surface area contributed by atoms with Crippen LogP contribution in [0.2, 0.25) is 0 Å². The van der Waals surface area contributed by atoms with Gasteiger partial charge in [0.1, 0.15) is 0 Å². The van der Waals surface area contributed by atoms with Crippen LogP contribution in [0.5, 0.6) is 0 Å². The molecule has 1 rings (SSSR count). The van der Waals surface area contributed by atoms with E-state index in [2.05, 4.69) is 29.4 Å². The number of unbranched alkanes of at least 4 members (excludes halogenated alkanes) is 6. The topological polar surface area (TPSA) is 41.2 Å². The van der Waals surface area contributed by atoms with E-state index in [4.69, 9.17) is 0 Å². The zero-order valence-electron chi connectivity index (χ0n) is 13.4. The third-order valence-electron chi connectivity index (χ3n) is 3.92. The Morgan fingerprint density at radius 1 is 1.27 bits per heavy atom. The van der Waals surface area contributed by atoms with Gasteiger partial charge in [-0.05, 0) is 18.6 Å². The van der Waals surface area contributed by atoms with Crippen LogP contribution in [0.1, 0.15) is 58.3 Å². The van der Waals surface area contributed by atoms with Gasteiger partial charge in [0.25, 0.3) is 10.4 Å². The van der Waals surface area contributed by atoms with E-state index in [1.54, 1.807) is 16.8 Å². The molecule has 0 spiro atoms. The Morgan fingerprint density at radius 3 is 2.50 bits per heavy atom. The molecule has 0 saturated carbocycles. The summed E-state index contributed by atoms with van der Waals surface area (Å²) in [6, 6.07) is 5.47. The summed E-state index contributed by atoms with van der Waals surface area (Å²) in [5, 5.41) is 10.9. The highest BCUT2D eigenvalue weighted by molar-refractivity contribution is 9.10. The molecule has 3 nitrogen and oxygen atoms in total. The van der Waals surface area contributed by atoms with Crippen molar-refractivity contribution < 1.29 is 14.5 Å². The Hall–Kier alpha value is -1.00. The van der Waals surface area contributed by atoms with Gasteiger partial charge in [-0.15, -0.1) is 0 Å². The van der Waals surface area contributed by atoms with E-state index in [0.717, 1.165) is 19.3 Å². The molecule has 0 radical (unpaired) electrons. The van der Waals surface area contributed by atoms with E-state index in [1.807, 2.05) is 12.1 Å². The highest BCUT2D eigenvalue weighted by Crippen LogP contribution is 2.20. The number of rotatable bonds is 11. The average molecular weight is 369 g/mol. The van der Waals surface area contributed by atoms with E-state index in [-0.39, 0.29) is 5.78 Å². The molecule has 0 aliphatic rings. The fourth-order valence-electron chi connectivity index (χ4n) is 2.58. The van der Waals surface area contributed by atoms with Crippen LogP contribution in [0, 0.1) is 0 Å². The molecule has 122 valence electrons. The number of nitrogens with zero attached hydrogens (tertiary/aromatic N) is 1. The monoisotopic (exact) mass is 368 g/mol. The summed E-state index contributed by atoms with van der Waals surface area (Å²) in [4.78, 5) is 12.2. The van der Waals surface area contributed by atoms with Gasteiger partial charge in [0, 0.05) is 34.5 Å². The molecular formula is C18H27BrNO2+. The van der Waals surface area contributed by atoms with Gasteiger partial charge < -0.3 is 5.11 Å². The number of pyridine rings is 1. The minimum Gasteiger partial charge on any atom is -0.328 e. The lowest BCUT2D eigenvalue weighted by atomic mass is 9.98. The quantitative estimate of drug-likeness (QED) is 0.274. The minimum absolute atomic E-state index is 0.365. The molecule has 4 heteroatoms. The first-order chi connectivity index (χ1) is 10.6. The van der Waals surface area contributed by atoms with Crippen LogP contribution < -0.4 is 4.57 Å². The van der Waals surface area contributed by atoms with Gasteiger partial charge in [0.15, 0.2) is 6.20 Å². The fraction of sp³-hybridized carbons (Fsp3) is 0.556. The molecule has 1 unspecified atom stereocenters. The van der Waals surface area contributed by atoms with Crippen molar-refractivity contribution >= 4 is 21.7 Å². The van der Waals surface area contributed by atoms with Crippen LogP contribution in [-0.2, 0) is 10.5 Å². The van der Waals surface area contributed by atoms with Gasteiger partial charge in [0.05, 0.1) is 0 Å². The molecule has 1 N–H and O–H groups in total. The SMILES string of the molecule is C=CC(=O)C(O)(CCCCCCCCC)[n+]1ccccc1Br. The summed E-state index contributed by atoms with van der Waals surface area (Å²) in [6.07, 6.45) is 11.3. The molecule has 0 saturated heterocycles. The van der Waals surface area contributed by atoms with Crippen molar-refractivity contribution in [1.82, 2.24) is 0 Å². The minimum atomic E-state index is -1.55. The summed E-state index contributed by atoms with van der Waals surface area (Å²) >= 11 is 3.40. The van der Waals surface area contributed by atoms with Crippen LogP contribution in [-0.4, -0.2) is 10.9 Å². The standard InChI is InChI=1S/C18H27BrNO2/c1-3-5-6-7-8-9-11-14-18(22,16(21)4-2)20-15-12-10-13-17(20)19/h4,10,12-13,15,22H,2-3,5-9,11,14H2,1H3/q+1. The predicted octanol–water partition coefficient (Wildman–Crippen LogP) is 4.28. The summed E-state index contributed by atoms with van der Waals surface area (Å²) < 4.78 is 2.25. The maximum absolute atomic E-state index is 12.2. The second kappa shape index (κ2) is 9.90. The first-order valence-corrected chi connectivity index (χ1v) is 8.91. The van der Waals surface area contributed by atoms with Crippen LogP contribution in [0.4, 0.5) is 0 Å². The highest BCUT2D eigenvalue weighted by atomic mass is 79.9. The number of ketones is 1. The maximum atomic E-state index is 12.2. The zero-order chi connectivity index (χ0) is 16.4. The van der Waals surface area contributed by atoms with Crippen molar-refractivity contribution in [3.8, 4) is 0 Å². The lowest BCUT2D eigenvalue weighted by Gasteiger charge is -2.20.